The van der Waals surface area contributed by atoms with Crippen LogP contribution >= 0.6 is 0 Å². The van der Waals surface area contributed by atoms with E-state index in [2.05, 4.69) is 37.3 Å². The van der Waals surface area contributed by atoms with E-state index in [-0.39, 0.29) is 11.9 Å². The molecule has 2 aromatic carbocycles. The van der Waals surface area contributed by atoms with Gasteiger partial charge in [0.25, 0.3) is 0 Å². The summed E-state index contributed by atoms with van der Waals surface area (Å²) in [6.07, 6.45) is 11.1. The molecule has 0 aliphatic heterocycles. The first-order chi connectivity index (χ1) is 16.1. The molecule has 178 valence electrons. The molecular weight excluding hydrogens is 408 g/mol. The van der Waals surface area contributed by atoms with Gasteiger partial charge in [-0.25, -0.2) is 0 Å². The summed E-state index contributed by atoms with van der Waals surface area (Å²) in [5.74, 6) is 4.60. The minimum atomic E-state index is -0.0591. The molecular formula is C30H40O3. The molecule has 0 saturated heterocycles. The van der Waals surface area contributed by atoms with Crippen LogP contribution < -0.4 is 9.47 Å². The lowest BCUT2D eigenvalue weighted by atomic mass is 9.68. The first-order valence-corrected chi connectivity index (χ1v) is 13.1. The first-order valence-electron chi connectivity index (χ1n) is 13.1. The van der Waals surface area contributed by atoms with E-state index in [4.69, 9.17) is 9.47 Å². The predicted octanol–water partition coefficient (Wildman–Crippen LogP) is 7.80. The van der Waals surface area contributed by atoms with Gasteiger partial charge in [0, 0.05) is 0 Å². The third-order valence-corrected chi connectivity index (χ3v) is 8.07. The highest BCUT2D eigenvalue weighted by Gasteiger charge is 2.34. The SMILES string of the molecule is CCOc1ccc(OC(=O)C2CCC(C3CCC(CC(C)c4ccccc4)CC3)CC2)cc1. The summed E-state index contributed by atoms with van der Waals surface area (Å²) in [4.78, 5) is 12.7. The third-order valence-electron chi connectivity index (χ3n) is 8.07. The van der Waals surface area contributed by atoms with Crippen LogP contribution in [0.2, 0.25) is 0 Å². The van der Waals surface area contributed by atoms with E-state index < -0.39 is 0 Å². The van der Waals surface area contributed by atoms with E-state index in [1.165, 1.54) is 50.5 Å². The van der Waals surface area contributed by atoms with Crippen molar-refractivity contribution in [3.05, 3.63) is 60.2 Å². The largest absolute Gasteiger partial charge is 0.494 e. The van der Waals surface area contributed by atoms with E-state index in [9.17, 15) is 4.79 Å². The van der Waals surface area contributed by atoms with E-state index in [0.29, 0.717) is 18.3 Å². The predicted molar refractivity (Wildman–Crippen MR) is 134 cm³/mol. The molecule has 0 bridgehead atoms. The molecule has 0 amide bonds. The molecule has 2 saturated carbocycles. The topological polar surface area (TPSA) is 35.5 Å². The molecule has 2 fully saturated rings. The van der Waals surface area contributed by atoms with Crippen molar-refractivity contribution in [2.45, 2.75) is 77.6 Å². The molecule has 0 N–H and O–H groups in total. The maximum Gasteiger partial charge on any atom is 0.314 e. The number of benzene rings is 2. The van der Waals surface area contributed by atoms with Crippen LogP contribution in [0.5, 0.6) is 11.5 Å². The molecule has 33 heavy (non-hydrogen) atoms. The van der Waals surface area contributed by atoms with Gasteiger partial charge in [-0.1, -0.05) is 50.1 Å². The summed E-state index contributed by atoms with van der Waals surface area (Å²) >= 11 is 0. The Morgan fingerprint density at radius 2 is 1.39 bits per heavy atom. The lowest BCUT2D eigenvalue weighted by Crippen LogP contribution is -2.30. The smallest absolute Gasteiger partial charge is 0.314 e. The van der Waals surface area contributed by atoms with Crippen LogP contribution in [-0.4, -0.2) is 12.6 Å². The Bertz CT molecular complexity index is 844. The Morgan fingerprint density at radius 1 is 0.818 bits per heavy atom. The Morgan fingerprint density at radius 3 is 2.00 bits per heavy atom. The number of ether oxygens (including phenoxy) is 2. The van der Waals surface area contributed by atoms with Crippen LogP contribution in [0.4, 0.5) is 0 Å². The molecule has 1 unspecified atom stereocenters. The third kappa shape index (κ3) is 6.62. The van der Waals surface area contributed by atoms with Crippen molar-refractivity contribution in [1.82, 2.24) is 0 Å². The number of carbonyl (C=O) groups is 1. The summed E-state index contributed by atoms with van der Waals surface area (Å²) in [5, 5.41) is 0. The maximum absolute atomic E-state index is 12.7. The molecule has 0 heterocycles. The van der Waals surface area contributed by atoms with Gasteiger partial charge < -0.3 is 9.47 Å². The van der Waals surface area contributed by atoms with E-state index in [1.54, 1.807) is 0 Å². The molecule has 0 aromatic heterocycles. The van der Waals surface area contributed by atoms with Crippen LogP contribution in [0.1, 0.15) is 83.1 Å². The van der Waals surface area contributed by atoms with Crippen LogP contribution in [0.3, 0.4) is 0 Å². The average Bonchev–Trinajstić information content (AvgIpc) is 2.86. The Hall–Kier alpha value is -2.29. The van der Waals surface area contributed by atoms with Crippen molar-refractivity contribution >= 4 is 5.97 Å². The van der Waals surface area contributed by atoms with Gasteiger partial charge >= 0.3 is 5.97 Å². The minimum absolute atomic E-state index is 0.0517. The molecule has 3 heteroatoms. The van der Waals surface area contributed by atoms with Crippen LogP contribution in [0.15, 0.2) is 54.6 Å². The molecule has 1 atom stereocenters. The highest BCUT2D eigenvalue weighted by molar-refractivity contribution is 5.75. The molecule has 4 rings (SSSR count). The maximum atomic E-state index is 12.7. The van der Waals surface area contributed by atoms with Crippen molar-refractivity contribution in [2.75, 3.05) is 6.61 Å². The quantitative estimate of drug-likeness (QED) is 0.305. The monoisotopic (exact) mass is 448 g/mol. The van der Waals surface area contributed by atoms with Crippen molar-refractivity contribution in [2.24, 2.45) is 23.7 Å². The van der Waals surface area contributed by atoms with E-state index >= 15 is 0 Å². The zero-order chi connectivity index (χ0) is 23.0. The summed E-state index contributed by atoms with van der Waals surface area (Å²) in [6.45, 7) is 4.98. The Labute approximate surface area is 199 Å². The van der Waals surface area contributed by atoms with Crippen LogP contribution in [-0.2, 0) is 4.79 Å². The molecule has 2 aliphatic rings. The van der Waals surface area contributed by atoms with Gasteiger partial charge in [-0.2, -0.15) is 0 Å². The lowest BCUT2D eigenvalue weighted by Gasteiger charge is -2.38. The minimum Gasteiger partial charge on any atom is -0.494 e. The van der Waals surface area contributed by atoms with E-state index in [0.717, 1.165) is 36.3 Å². The normalized spacial score (nSPS) is 26.4. The number of rotatable bonds is 8. The van der Waals surface area contributed by atoms with Crippen LogP contribution in [0.25, 0.3) is 0 Å². The highest BCUT2D eigenvalue weighted by atomic mass is 16.5. The summed E-state index contributed by atoms with van der Waals surface area (Å²) in [7, 11) is 0. The fraction of sp³-hybridized carbons (Fsp3) is 0.567. The van der Waals surface area contributed by atoms with E-state index in [1.807, 2.05) is 31.2 Å². The number of esters is 1. The van der Waals surface area contributed by atoms with Crippen molar-refractivity contribution in [3.63, 3.8) is 0 Å². The molecule has 0 radical (unpaired) electrons. The van der Waals surface area contributed by atoms with Crippen molar-refractivity contribution in [1.29, 1.82) is 0 Å². The second-order valence-electron chi connectivity index (χ2n) is 10.3. The van der Waals surface area contributed by atoms with Crippen molar-refractivity contribution in [3.8, 4) is 11.5 Å². The van der Waals surface area contributed by atoms with Gasteiger partial charge in [-0.05, 0) is 105 Å². The van der Waals surface area contributed by atoms with Gasteiger partial charge in [-0.3, -0.25) is 4.79 Å². The van der Waals surface area contributed by atoms with Crippen molar-refractivity contribution < 1.29 is 14.3 Å². The standard InChI is InChI=1S/C30H40O3/c1-3-32-28-17-19-29(20-18-28)33-30(31)27-15-13-26(14-16-27)25-11-9-23(10-12-25)21-22(2)24-7-5-4-6-8-24/h4-8,17-20,22-23,25-27H,3,9-16,21H2,1-2H3. The zero-order valence-corrected chi connectivity index (χ0v) is 20.4. The van der Waals surface area contributed by atoms with Crippen LogP contribution in [0, 0.1) is 23.7 Å². The van der Waals surface area contributed by atoms with Gasteiger partial charge in [-0.15, -0.1) is 0 Å². The van der Waals surface area contributed by atoms with Gasteiger partial charge in [0.15, 0.2) is 0 Å². The Kier molecular flexibility index (Phi) is 8.47. The molecule has 2 aromatic rings. The van der Waals surface area contributed by atoms with Gasteiger partial charge in [0.1, 0.15) is 11.5 Å². The molecule has 0 spiro atoms. The van der Waals surface area contributed by atoms with Gasteiger partial charge in [0.05, 0.1) is 12.5 Å². The fourth-order valence-electron chi connectivity index (χ4n) is 6.11. The second kappa shape index (κ2) is 11.7. The number of hydrogen-bond acceptors (Lipinski definition) is 3. The summed E-state index contributed by atoms with van der Waals surface area (Å²) < 4.78 is 11.1. The zero-order valence-electron chi connectivity index (χ0n) is 20.4. The Balaban J connectivity index is 1.17. The molecule has 3 nitrogen and oxygen atoms in total. The fourth-order valence-corrected chi connectivity index (χ4v) is 6.11. The summed E-state index contributed by atoms with van der Waals surface area (Å²) in [5.41, 5.74) is 1.48. The summed E-state index contributed by atoms with van der Waals surface area (Å²) in [6, 6.07) is 18.3. The lowest BCUT2D eigenvalue weighted by molar-refractivity contribution is -0.140. The highest BCUT2D eigenvalue weighted by Crippen LogP contribution is 2.43. The van der Waals surface area contributed by atoms with Gasteiger partial charge in [0.2, 0.25) is 0 Å². The average molecular weight is 449 g/mol. The molecule has 2 aliphatic carbocycles. The first kappa shape index (κ1) is 23.9. The number of carbonyl (C=O) groups excluding carboxylic acids is 1. The number of hydrogen-bond donors (Lipinski definition) is 0. The second-order valence-corrected chi connectivity index (χ2v) is 10.3.